The molecule has 0 aliphatic heterocycles. The Labute approximate surface area is 191 Å². The lowest BCUT2D eigenvalue weighted by atomic mass is 10.1. The fourth-order valence-corrected chi connectivity index (χ4v) is 3.39. The van der Waals surface area contributed by atoms with Crippen LogP contribution in [-0.4, -0.2) is 50.1 Å². The summed E-state index contributed by atoms with van der Waals surface area (Å²) in [6.07, 6.45) is 3.68. The Hall–Kier alpha value is -2.52. The summed E-state index contributed by atoms with van der Waals surface area (Å²) in [6, 6.07) is 7.15. The number of ether oxygens (including phenoxy) is 1. The van der Waals surface area contributed by atoms with Gasteiger partial charge in [0.25, 0.3) is 5.91 Å². The van der Waals surface area contributed by atoms with Crippen LogP contribution in [0, 0.1) is 0 Å². The molecule has 0 spiro atoms. The first-order valence-corrected chi connectivity index (χ1v) is 11.6. The Morgan fingerprint density at radius 3 is 2.61 bits per heavy atom. The van der Waals surface area contributed by atoms with Crippen molar-refractivity contribution >= 4 is 46.1 Å². The molecular weight excluding hydrogens is 436 g/mol. The summed E-state index contributed by atoms with van der Waals surface area (Å²) in [7, 11) is 0. The predicted octanol–water partition coefficient (Wildman–Crippen LogP) is 4.00. The van der Waals surface area contributed by atoms with E-state index in [1.165, 1.54) is 11.8 Å². The van der Waals surface area contributed by atoms with Crippen LogP contribution in [-0.2, 0) is 11.3 Å². The van der Waals surface area contributed by atoms with E-state index < -0.39 is 5.60 Å². The molecule has 2 aromatic heterocycles. The van der Waals surface area contributed by atoms with E-state index >= 15 is 0 Å². The molecule has 31 heavy (non-hydrogen) atoms. The zero-order chi connectivity index (χ0) is 22.6. The number of carbonyl (C=O) groups is 1. The molecule has 2 heterocycles. The van der Waals surface area contributed by atoms with Crippen molar-refractivity contribution in [1.29, 1.82) is 0 Å². The number of fused-ring (bicyclic) bond motifs is 1. The van der Waals surface area contributed by atoms with Crippen LogP contribution in [0.3, 0.4) is 0 Å². The minimum absolute atomic E-state index is 0.222. The average molecular weight is 463 g/mol. The van der Waals surface area contributed by atoms with Gasteiger partial charge in [-0.05, 0) is 58.2 Å². The summed E-state index contributed by atoms with van der Waals surface area (Å²) in [5.41, 5.74) is -0.309. The van der Waals surface area contributed by atoms with Crippen LogP contribution in [0.25, 0.3) is 11.0 Å². The number of amides is 1. The number of hydrogen-bond donors (Lipinski definition) is 2. The molecule has 0 saturated carbocycles. The van der Waals surface area contributed by atoms with Gasteiger partial charge in [0.05, 0.1) is 18.1 Å². The fraction of sp³-hybridized carbons (Fsp3) is 0.429. The van der Waals surface area contributed by atoms with E-state index in [0.717, 1.165) is 16.9 Å². The molecule has 0 fully saturated rings. The molecule has 1 amide bonds. The maximum atomic E-state index is 12.7. The molecule has 10 heteroatoms. The van der Waals surface area contributed by atoms with Crippen LogP contribution in [0.2, 0.25) is 5.02 Å². The Bertz CT molecular complexity index is 1050. The Morgan fingerprint density at radius 2 is 1.97 bits per heavy atom. The molecule has 0 aliphatic carbocycles. The molecule has 3 aromatic rings. The highest BCUT2D eigenvalue weighted by Gasteiger charge is 2.29. The molecule has 0 saturated heterocycles. The van der Waals surface area contributed by atoms with Crippen molar-refractivity contribution in [2.45, 2.75) is 51.0 Å². The summed E-state index contributed by atoms with van der Waals surface area (Å²) >= 11 is 7.37. The topological polar surface area (TPSA) is 94.0 Å². The number of benzene rings is 1. The van der Waals surface area contributed by atoms with Gasteiger partial charge < -0.3 is 15.4 Å². The minimum atomic E-state index is -1.04. The SMILES string of the molecule is CSc1nc(NC(C)C)c2cnn(CCNC(=O)C(C)(C)Oc3ccc(Cl)cc3)c2n1. The zero-order valence-corrected chi connectivity index (χ0v) is 19.8. The molecule has 2 N–H and O–H groups in total. The Morgan fingerprint density at radius 1 is 1.26 bits per heavy atom. The van der Waals surface area contributed by atoms with Gasteiger partial charge in [-0.25, -0.2) is 14.6 Å². The molecule has 1 aromatic carbocycles. The third-order valence-electron chi connectivity index (χ3n) is 4.43. The summed E-state index contributed by atoms with van der Waals surface area (Å²) < 4.78 is 7.61. The van der Waals surface area contributed by atoms with Gasteiger partial charge in [-0.2, -0.15) is 5.10 Å². The van der Waals surface area contributed by atoms with Gasteiger partial charge in [-0.15, -0.1) is 0 Å². The van der Waals surface area contributed by atoms with Gasteiger partial charge >= 0.3 is 0 Å². The number of nitrogens with one attached hydrogen (secondary N) is 2. The second-order valence-corrected chi connectivity index (χ2v) is 8.99. The summed E-state index contributed by atoms with van der Waals surface area (Å²) in [5.74, 6) is 1.12. The van der Waals surface area contributed by atoms with Crippen LogP contribution >= 0.6 is 23.4 Å². The minimum Gasteiger partial charge on any atom is -0.478 e. The monoisotopic (exact) mass is 462 g/mol. The smallest absolute Gasteiger partial charge is 0.263 e. The molecule has 0 aliphatic rings. The zero-order valence-electron chi connectivity index (χ0n) is 18.3. The number of rotatable bonds is 9. The average Bonchev–Trinajstić information content (AvgIpc) is 3.12. The van der Waals surface area contributed by atoms with Crippen LogP contribution < -0.4 is 15.4 Å². The van der Waals surface area contributed by atoms with Crippen molar-refractivity contribution in [3.8, 4) is 5.75 Å². The molecule has 3 rings (SSSR count). The molecule has 0 atom stereocenters. The second-order valence-electron chi connectivity index (χ2n) is 7.79. The van der Waals surface area contributed by atoms with Crippen molar-refractivity contribution in [2.75, 3.05) is 18.1 Å². The number of nitrogens with zero attached hydrogens (tertiary/aromatic N) is 4. The number of carbonyl (C=O) groups excluding carboxylic acids is 1. The van der Waals surface area contributed by atoms with E-state index in [1.807, 2.05) is 6.26 Å². The highest BCUT2D eigenvalue weighted by molar-refractivity contribution is 7.98. The van der Waals surface area contributed by atoms with E-state index in [2.05, 4.69) is 39.5 Å². The van der Waals surface area contributed by atoms with Gasteiger partial charge in [0.1, 0.15) is 11.6 Å². The standard InChI is InChI=1S/C21H27ClN6O2S/c1-13(2)25-17-16-12-24-28(18(16)27-20(26-17)31-5)11-10-23-19(29)21(3,4)30-15-8-6-14(22)7-9-15/h6-9,12-13H,10-11H2,1-5H3,(H,23,29)(H,25,26,27). The maximum absolute atomic E-state index is 12.7. The summed E-state index contributed by atoms with van der Waals surface area (Å²) in [5, 5.41) is 12.8. The van der Waals surface area contributed by atoms with Crippen molar-refractivity contribution in [1.82, 2.24) is 25.1 Å². The number of anilines is 1. The van der Waals surface area contributed by atoms with Gasteiger partial charge in [0.2, 0.25) is 0 Å². The quantitative estimate of drug-likeness (QED) is 0.366. The van der Waals surface area contributed by atoms with Crippen molar-refractivity contribution < 1.29 is 9.53 Å². The summed E-state index contributed by atoms with van der Waals surface area (Å²) in [4.78, 5) is 21.8. The normalized spacial score (nSPS) is 11.7. The summed E-state index contributed by atoms with van der Waals surface area (Å²) in [6.45, 7) is 8.41. The van der Waals surface area contributed by atoms with Crippen molar-refractivity contribution in [3.63, 3.8) is 0 Å². The van der Waals surface area contributed by atoms with Gasteiger partial charge in [-0.1, -0.05) is 23.4 Å². The first kappa shape index (κ1) is 23.1. The Kier molecular flexibility index (Phi) is 7.27. The second kappa shape index (κ2) is 9.74. The fourth-order valence-electron chi connectivity index (χ4n) is 2.91. The first-order chi connectivity index (χ1) is 14.7. The maximum Gasteiger partial charge on any atom is 0.263 e. The van der Waals surface area contributed by atoms with E-state index in [9.17, 15) is 4.79 Å². The molecule has 0 radical (unpaired) electrons. The lowest BCUT2D eigenvalue weighted by molar-refractivity contribution is -0.134. The largest absolute Gasteiger partial charge is 0.478 e. The lowest BCUT2D eigenvalue weighted by Gasteiger charge is -2.25. The van der Waals surface area contributed by atoms with Crippen molar-refractivity contribution in [3.05, 3.63) is 35.5 Å². The van der Waals surface area contributed by atoms with Crippen LogP contribution in [0.5, 0.6) is 5.75 Å². The highest BCUT2D eigenvalue weighted by Crippen LogP contribution is 2.24. The van der Waals surface area contributed by atoms with Crippen molar-refractivity contribution in [2.24, 2.45) is 0 Å². The van der Waals surface area contributed by atoms with Gasteiger partial charge in [0, 0.05) is 17.6 Å². The van der Waals surface area contributed by atoms with E-state index in [-0.39, 0.29) is 11.9 Å². The van der Waals surface area contributed by atoms with Gasteiger partial charge in [0.15, 0.2) is 16.4 Å². The number of aromatic nitrogens is 4. The van der Waals surface area contributed by atoms with Crippen LogP contribution in [0.4, 0.5) is 5.82 Å². The van der Waals surface area contributed by atoms with Crippen LogP contribution in [0.1, 0.15) is 27.7 Å². The first-order valence-electron chi connectivity index (χ1n) is 9.96. The highest BCUT2D eigenvalue weighted by atomic mass is 35.5. The van der Waals surface area contributed by atoms with E-state index in [4.69, 9.17) is 16.3 Å². The molecule has 166 valence electrons. The lowest BCUT2D eigenvalue weighted by Crippen LogP contribution is -2.47. The third-order valence-corrected chi connectivity index (χ3v) is 5.23. The number of thioether (sulfide) groups is 1. The Balaban J connectivity index is 1.66. The molecule has 0 unspecified atom stereocenters. The number of hydrogen-bond acceptors (Lipinski definition) is 7. The molecule has 0 bridgehead atoms. The third kappa shape index (κ3) is 5.80. The van der Waals surface area contributed by atoms with Gasteiger partial charge in [-0.3, -0.25) is 4.79 Å². The molecular formula is C21H27ClN6O2S. The molecule has 8 nitrogen and oxygen atoms in total. The van der Waals surface area contributed by atoms with E-state index in [1.54, 1.807) is 49.0 Å². The number of halogens is 1. The van der Waals surface area contributed by atoms with Crippen LogP contribution in [0.15, 0.2) is 35.6 Å². The van der Waals surface area contributed by atoms with E-state index in [0.29, 0.717) is 29.0 Å². The predicted molar refractivity (Wildman–Crippen MR) is 125 cm³/mol.